The minimum absolute atomic E-state index is 0.948. The highest BCUT2D eigenvalue weighted by atomic mass is 33.1. The molecule has 2 aliphatic carbocycles. The second-order valence-corrected chi connectivity index (χ2v) is 14.0. The number of rotatable bonds is 4. The van der Waals surface area contributed by atoms with Crippen molar-refractivity contribution in [1.82, 2.24) is 4.57 Å². The van der Waals surface area contributed by atoms with Crippen molar-refractivity contribution < 1.29 is 0 Å². The highest BCUT2D eigenvalue weighted by Gasteiger charge is 2.26. The van der Waals surface area contributed by atoms with Gasteiger partial charge in [0.1, 0.15) is 0 Å². The summed E-state index contributed by atoms with van der Waals surface area (Å²) in [5.74, 6) is 0. The Morgan fingerprint density at radius 1 is 0.340 bits per heavy atom. The van der Waals surface area contributed by atoms with Crippen LogP contribution in [0.2, 0.25) is 0 Å². The first-order valence-corrected chi connectivity index (χ1v) is 19.7. The fraction of sp³-hybridized carbons (Fsp3) is 0.0400. The summed E-state index contributed by atoms with van der Waals surface area (Å²) in [6.07, 6.45) is 1.92. The first kappa shape index (κ1) is 32.0. The first-order valence-electron chi connectivity index (χ1n) is 18.1. The van der Waals surface area contributed by atoms with E-state index in [-0.39, 0.29) is 0 Å². The molecule has 2 aliphatic rings. The predicted octanol–water partition coefficient (Wildman–Crippen LogP) is 13.7. The summed E-state index contributed by atoms with van der Waals surface area (Å²) in [5, 5.41) is 2.56. The summed E-state index contributed by atoms with van der Waals surface area (Å²) < 4.78 is 2.45. The van der Waals surface area contributed by atoms with Crippen LogP contribution in [0.4, 0.5) is 0 Å². The minimum Gasteiger partial charge on any atom is -0.309 e. The Morgan fingerprint density at radius 2 is 0.906 bits per heavy atom. The van der Waals surface area contributed by atoms with Gasteiger partial charge in [0, 0.05) is 16.5 Å². The third-order valence-electron chi connectivity index (χ3n) is 11.3. The average Bonchev–Trinajstić information content (AvgIpc) is 3.91. The summed E-state index contributed by atoms with van der Waals surface area (Å²) in [5.41, 5.74) is 22.5. The first-order chi connectivity index (χ1) is 26.3. The molecule has 0 saturated heterocycles. The fourth-order valence-corrected chi connectivity index (χ4v) is 8.92. The van der Waals surface area contributed by atoms with E-state index in [0.717, 1.165) is 12.8 Å². The van der Waals surface area contributed by atoms with Gasteiger partial charge in [0.05, 0.1) is 11.0 Å². The van der Waals surface area contributed by atoms with Gasteiger partial charge >= 0.3 is 0 Å². The lowest BCUT2D eigenvalue weighted by molar-refractivity contribution is 1.17. The number of thiol groups is 2. The maximum atomic E-state index is 3.22. The van der Waals surface area contributed by atoms with Crippen molar-refractivity contribution in [2.75, 3.05) is 0 Å². The minimum atomic E-state index is 0.948. The van der Waals surface area contributed by atoms with Gasteiger partial charge in [-0.1, -0.05) is 140 Å². The maximum Gasteiger partial charge on any atom is 0.0541 e. The zero-order valence-electron chi connectivity index (χ0n) is 29.0. The SMILES string of the molecule is SS.c1ccc(-c2ccc3c(c2)c2ccccc2n3-c2ccc3c(c2)-c2cc(-c4cccc5c4Cc4c(-c6ccccc6)cccc4-5)ccc2C3)cc1. The van der Waals surface area contributed by atoms with Gasteiger partial charge in [0.15, 0.2) is 0 Å². The molecule has 0 fully saturated rings. The van der Waals surface area contributed by atoms with Gasteiger partial charge in [0.25, 0.3) is 0 Å². The molecule has 53 heavy (non-hydrogen) atoms. The maximum absolute atomic E-state index is 3.22. The zero-order chi connectivity index (χ0) is 35.5. The number of aromatic nitrogens is 1. The van der Waals surface area contributed by atoms with Gasteiger partial charge in [-0.05, 0) is 127 Å². The molecule has 0 unspecified atom stereocenters. The van der Waals surface area contributed by atoms with E-state index in [4.69, 9.17) is 0 Å². The highest BCUT2D eigenvalue weighted by Crippen LogP contribution is 2.47. The smallest absolute Gasteiger partial charge is 0.0541 e. The molecule has 1 nitrogen and oxygen atoms in total. The van der Waals surface area contributed by atoms with Crippen LogP contribution < -0.4 is 0 Å². The molecule has 1 aromatic heterocycles. The van der Waals surface area contributed by atoms with E-state index in [1.807, 2.05) is 0 Å². The van der Waals surface area contributed by atoms with Crippen LogP contribution in [0.25, 0.3) is 83.1 Å². The van der Waals surface area contributed by atoms with E-state index in [1.165, 1.54) is 105 Å². The summed E-state index contributed by atoms with van der Waals surface area (Å²) in [6.45, 7) is 0. The van der Waals surface area contributed by atoms with Crippen molar-refractivity contribution in [3.8, 4) is 61.3 Å². The van der Waals surface area contributed by atoms with Crippen molar-refractivity contribution in [1.29, 1.82) is 0 Å². The van der Waals surface area contributed by atoms with Crippen LogP contribution in [0.1, 0.15) is 22.3 Å². The molecule has 0 N–H and O–H groups in total. The quantitative estimate of drug-likeness (QED) is 0.132. The third kappa shape index (κ3) is 5.18. The molecule has 11 rings (SSSR count). The molecule has 3 heteroatoms. The van der Waals surface area contributed by atoms with E-state index < -0.39 is 0 Å². The lowest BCUT2D eigenvalue weighted by atomic mass is 9.93. The molecule has 252 valence electrons. The van der Waals surface area contributed by atoms with Crippen LogP contribution in [0.3, 0.4) is 0 Å². The molecule has 9 aromatic rings. The molecule has 0 aliphatic heterocycles. The van der Waals surface area contributed by atoms with Crippen molar-refractivity contribution in [3.05, 3.63) is 198 Å². The van der Waals surface area contributed by atoms with E-state index in [2.05, 4.69) is 204 Å². The molecule has 0 atom stereocenters. The van der Waals surface area contributed by atoms with Gasteiger partial charge in [-0.15, -0.1) is 23.3 Å². The largest absolute Gasteiger partial charge is 0.309 e. The van der Waals surface area contributed by atoms with Crippen LogP contribution in [-0.2, 0) is 12.8 Å². The number of hydrogen-bond donors (Lipinski definition) is 2. The number of para-hydroxylation sites is 1. The number of fused-ring (bicyclic) bond motifs is 9. The lowest BCUT2D eigenvalue weighted by Gasteiger charge is -2.13. The molecular weight excluding hydrogens is 679 g/mol. The Hall–Kier alpha value is -5.74. The third-order valence-corrected chi connectivity index (χ3v) is 11.3. The van der Waals surface area contributed by atoms with E-state index in [0.29, 0.717) is 0 Å². The monoisotopic (exact) mass is 713 g/mol. The fourth-order valence-electron chi connectivity index (χ4n) is 8.92. The Balaban J connectivity index is 0.00000172. The molecule has 1 heterocycles. The van der Waals surface area contributed by atoms with Crippen molar-refractivity contribution >= 4 is 45.1 Å². The van der Waals surface area contributed by atoms with Crippen molar-refractivity contribution in [2.24, 2.45) is 0 Å². The normalized spacial score (nSPS) is 12.2. The number of benzene rings is 8. The predicted molar refractivity (Wildman–Crippen MR) is 232 cm³/mol. The average molecular weight is 714 g/mol. The molecule has 8 aromatic carbocycles. The van der Waals surface area contributed by atoms with Crippen LogP contribution in [0.15, 0.2) is 176 Å². The van der Waals surface area contributed by atoms with Gasteiger partial charge in [0.2, 0.25) is 0 Å². The zero-order valence-corrected chi connectivity index (χ0v) is 30.8. The van der Waals surface area contributed by atoms with Crippen LogP contribution >= 0.6 is 23.3 Å². The number of hydrogen-bond acceptors (Lipinski definition) is 2. The molecule has 0 radical (unpaired) electrons. The summed E-state index contributed by atoms with van der Waals surface area (Å²) in [6, 6.07) is 65.2. The van der Waals surface area contributed by atoms with E-state index in [9.17, 15) is 0 Å². The highest BCUT2D eigenvalue weighted by molar-refractivity contribution is 8.59. The van der Waals surface area contributed by atoms with Crippen LogP contribution in [0, 0.1) is 0 Å². The van der Waals surface area contributed by atoms with Gasteiger partial charge < -0.3 is 4.57 Å². The van der Waals surface area contributed by atoms with Gasteiger partial charge in [-0.2, -0.15) is 0 Å². The van der Waals surface area contributed by atoms with Crippen molar-refractivity contribution in [3.63, 3.8) is 0 Å². The molecular formula is C50H35NS2. The Bertz CT molecular complexity index is 2850. The van der Waals surface area contributed by atoms with E-state index in [1.54, 1.807) is 0 Å². The second-order valence-electron chi connectivity index (χ2n) is 14.0. The lowest BCUT2D eigenvalue weighted by Crippen LogP contribution is -1.95. The van der Waals surface area contributed by atoms with Gasteiger partial charge in [-0.3, -0.25) is 0 Å². The number of nitrogens with zero attached hydrogens (tertiary/aromatic N) is 1. The standard InChI is InChI=1S/C50H33N.H2S2/c1-3-11-32(12-4-1)34-24-26-50-48(28-34)43-15-7-8-20-49(43)51(50)38-25-23-36-27-35-21-22-37(29-44(35)45(36)30-38)40-17-10-19-42-41-18-9-16-39(46(41)31-47(40)42)33-13-5-2-6-14-33;1-2/h1-26,28-30H,27,31H2;1-2H. The Labute approximate surface area is 320 Å². The van der Waals surface area contributed by atoms with Crippen LogP contribution in [0.5, 0.6) is 0 Å². The van der Waals surface area contributed by atoms with Gasteiger partial charge in [-0.25, -0.2) is 0 Å². The van der Waals surface area contributed by atoms with Crippen LogP contribution in [-0.4, -0.2) is 4.57 Å². The molecule has 0 bridgehead atoms. The topological polar surface area (TPSA) is 4.93 Å². The second kappa shape index (κ2) is 13.0. The summed E-state index contributed by atoms with van der Waals surface area (Å²) in [7, 11) is 0. The summed E-state index contributed by atoms with van der Waals surface area (Å²) >= 11 is 6.44. The van der Waals surface area contributed by atoms with E-state index >= 15 is 0 Å². The Morgan fingerprint density at radius 3 is 1.64 bits per heavy atom. The van der Waals surface area contributed by atoms with Crippen molar-refractivity contribution in [2.45, 2.75) is 12.8 Å². The molecule has 0 spiro atoms. The summed E-state index contributed by atoms with van der Waals surface area (Å²) in [4.78, 5) is 0. The molecule has 0 saturated carbocycles. The Kier molecular flexibility index (Phi) is 7.86. The molecule has 0 amide bonds.